The molecule has 0 unspecified atom stereocenters. The van der Waals surface area contributed by atoms with E-state index in [9.17, 15) is 8.42 Å². The fourth-order valence-corrected chi connectivity index (χ4v) is 2.98. The zero-order valence-corrected chi connectivity index (χ0v) is 14.2. The molecule has 0 amide bonds. The first-order valence-corrected chi connectivity index (χ1v) is 8.47. The van der Waals surface area contributed by atoms with Crippen LogP contribution in [0.4, 0.5) is 5.95 Å². The van der Waals surface area contributed by atoms with Crippen molar-refractivity contribution in [3.05, 3.63) is 46.2 Å². The predicted molar refractivity (Wildman–Crippen MR) is 86.8 cm³/mol. The van der Waals surface area contributed by atoms with Crippen LogP contribution in [-0.4, -0.2) is 32.5 Å². The maximum Gasteiger partial charge on any atom is 0.240 e. The van der Waals surface area contributed by atoms with Gasteiger partial charge in [0.05, 0.1) is 27.2 Å². The Morgan fingerprint density at radius 3 is 2.55 bits per heavy atom. The summed E-state index contributed by atoms with van der Waals surface area (Å²) in [5.41, 5.74) is 0.558. The summed E-state index contributed by atoms with van der Waals surface area (Å²) in [6.07, 6.45) is 1.57. The van der Waals surface area contributed by atoms with E-state index in [1.165, 1.54) is 18.2 Å². The fourth-order valence-electron chi connectivity index (χ4n) is 1.59. The number of halogens is 2. The summed E-state index contributed by atoms with van der Waals surface area (Å²) < 4.78 is 26.9. The summed E-state index contributed by atoms with van der Waals surface area (Å²) in [6.45, 7) is 0.0476. The normalized spacial score (nSPS) is 11.5. The Labute approximate surface area is 139 Å². The highest BCUT2D eigenvalue weighted by molar-refractivity contribution is 7.89. The third-order valence-electron chi connectivity index (χ3n) is 2.75. The molecule has 0 fully saturated rings. The van der Waals surface area contributed by atoms with Gasteiger partial charge >= 0.3 is 0 Å². The first-order chi connectivity index (χ1) is 10.3. The van der Waals surface area contributed by atoms with Crippen molar-refractivity contribution in [1.29, 1.82) is 0 Å². The molecule has 0 saturated carbocycles. The lowest BCUT2D eigenvalue weighted by molar-refractivity contribution is 0.580. The molecule has 0 aliphatic carbocycles. The molecule has 0 aliphatic rings. The zero-order chi connectivity index (χ0) is 16.3. The molecule has 9 heteroatoms. The monoisotopic (exact) mass is 360 g/mol. The van der Waals surface area contributed by atoms with Gasteiger partial charge in [-0.05, 0) is 24.3 Å². The Hall–Kier alpha value is -1.41. The highest BCUT2D eigenvalue weighted by Gasteiger charge is 2.15. The minimum Gasteiger partial charge on any atom is -0.347 e. The van der Waals surface area contributed by atoms with E-state index in [0.29, 0.717) is 16.7 Å². The summed E-state index contributed by atoms with van der Waals surface area (Å²) in [5, 5.41) is 0.480. The second-order valence-electron chi connectivity index (χ2n) is 4.64. The SMILES string of the molecule is CN(C)c1nccc(CNS(=O)(=O)c2ccc(Cl)c(Cl)c2)n1. The molecule has 1 N–H and O–H groups in total. The predicted octanol–water partition coefficient (Wildman–Crippen LogP) is 2.33. The average Bonchev–Trinajstić information content (AvgIpc) is 2.48. The van der Waals surface area contributed by atoms with Crippen molar-refractivity contribution in [2.45, 2.75) is 11.4 Å². The van der Waals surface area contributed by atoms with Gasteiger partial charge in [0.2, 0.25) is 16.0 Å². The molecule has 1 aromatic heterocycles. The average molecular weight is 361 g/mol. The van der Waals surface area contributed by atoms with Crippen LogP contribution in [0.5, 0.6) is 0 Å². The third-order valence-corrected chi connectivity index (χ3v) is 4.88. The Morgan fingerprint density at radius 1 is 1.18 bits per heavy atom. The minimum atomic E-state index is -3.70. The first-order valence-electron chi connectivity index (χ1n) is 6.23. The van der Waals surface area contributed by atoms with E-state index in [2.05, 4.69) is 14.7 Å². The van der Waals surface area contributed by atoms with Crippen LogP contribution in [0, 0.1) is 0 Å². The van der Waals surface area contributed by atoms with Gasteiger partial charge < -0.3 is 4.90 Å². The van der Waals surface area contributed by atoms with Gasteiger partial charge in [0.1, 0.15) is 0 Å². The molecule has 22 heavy (non-hydrogen) atoms. The molecule has 0 bridgehead atoms. The van der Waals surface area contributed by atoms with Crippen molar-refractivity contribution in [2.75, 3.05) is 19.0 Å². The Kier molecular flexibility index (Phi) is 5.23. The Morgan fingerprint density at radius 2 is 1.91 bits per heavy atom. The topological polar surface area (TPSA) is 75.2 Å². The lowest BCUT2D eigenvalue weighted by Crippen LogP contribution is -2.24. The maximum absolute atomic E-state index is 12.2. The van der Waals surface area contributed by atoms with E-state index in [-0.39, 0.29) is 16.5 Å². The van der Waals surface area contributed by atoms with Crippen LogP contribution >= 0.6 is 23.2 Å². The van der Waals surface area contributed by atoms with Gasteiger partial charge in [-0.2, -0.15) is 0 Å². The molecular formula is C13H14Cl2N4O2S. The second kappa shape index (κ2) is 6.78. The maximum atomic E-state index is 12.2. The number of aromatic nitrogens is 2. The number of hydrogen-bond donors (Lipinski definition) is 1. The smallest absolute Gasteiger partial charge is 0.240 e. The molecule has 0 saturated heterocycles. The number of rotatable bonds is 5. The molecule has 2 rings (SSSR count). The highest BCUT2D eigenvalue weighted by Crippen LogP contribution is 2.24. The van der Waals surface area contributed by atoms with E-state index in [1.807, 2.05) is 0 Å². The summed E-state index contributed by atoms with van der Waals surface area (Å²) in [5.74, 6) is 0.506. The number of nitrogens with zero attached hydrogens (tertiary/aromatic N) is 3. The molecule has 1 heterocycles. The quantitative estimate of drug-likeness (QED) is 0.885. The molecule has 6 nitrogen and oxygen atoms in total. The van der Waals surface area contributed by atoms with Crippen molar-refractivity contribution in [3.63, 3.8) is 0 Å². The van der Waals surface area contributed by atoms with Crippen LogP contribution < -0.4 is 9.62 Å². The number of sulfonamides is 1. The highest BCUT2D eigenvalue weighted by atomic mass is 35.5. The van der Waals surface area contributed by atoms with E-state index in [0.717, 1.165) is 0 Å². The molecule has 0 atom stereocenters. The van der Waals surface area contributed by atoms with Crippen molar-refractivity contribution < 1.29 is 8.42 Å². The van der Waals surface area contributed by atoms with Crippen molar-refractivity contribution in [2.24, 2.45) is 0 Å². The van der Waals surface area contributed by atoms with Crippen LogP contribution in [0.2, 0.25) is 10.0 Å². The van der Waals surface area contributed by atoms with Crippen LogP contribution in [-0.2, 0) is 16.6 Å². The van der Waals surface area contributed by atoms with Crippen LogP contribution in [0.25, 0.3) is 0 Å². The van der Waals surface area contributed by atoms with E-state index < -0.39 is 10.0 Å². The summed E-state index contributed by atoms with van der Waals surface area (Å²) in [4.78, 5) is 10.1. The molecule has 118 valence electrons. The van der Waals surface area contributed by atoms with E-state index in [4.69, 9.17) is 23.2 Å². The van der Waals surface area contributed by atoms with Gasteiger partial charge in [0, 0.05) is 20.3 Å². The molecule has 2 aromatic rings. The minimum absolute atomic E-state index is 0.0452. The van der Waals surface area contributed by atoms with Crippen molar-refractivity contribution in [3.8, 4) is 0 Å². The van der Waals surface area contributed by atoms with Gasteiger partial charge in [0.25, 0.3) is 0 Å². The van der Waals surface area contributed by atoms with Gasteiger partial charge in [-0.1, -0.05) is 23.2 Å². The van der Waals surface area contributed by atoms with E-state index in [1.54, 1.807) is 31.3 Å². The molecular weight excluding hydrogens is 347 g/mol. The zero-order valence-electron chi connectivity index (χ0n) is 11.9. The Bertz CT molecular complexity index is 781. The van der Waals surface area contributed by atoms with E-state index >= 15 is 0 Å². The van der Waals surface area contributed by atoms with Crippen molar-refractivity contribution >= 4 is 39.2 Å². The third kappa shape index (κ3) is 4.07. The van der Waals surface area contributed by atoms with Crippen molar-refractivity contribution in [1.82, 2.24) is 14.7 Å². The van der Waals surface area contributed by atoms with Gasteiger partial charge in [-0.3, -0.25) is 0 Å². The van der Waals surface area contributed by atoms with Gasteiger partial charge in [-0.15, -0.1) is 0 Å². The lowest BCUT2D eigenvalue weighted by Gasteiger charge is -2.11. The summed E-state index contributed by atoms with van der Waals surface area (Å²) >= 11 is 11.6. The number of benzene rings is 1. The van der Waals surface area contributed by atoms with Crippen LogP contribution in [0.15, 0.2) is 35.4 Å². The largest absolute Gasteiger partial charge is 0.347 e. The Balaban J connectivity index is 2.16. The van der Waals surface area contributed by atoms with Gasteiger partial charge in [0.15, 0.2) is 0 Å². The fraction of sp³-hybridized carbons (Fsp3) is 0.231. The molecule has 1 aromatic carbocycles. The van der Waals surface area contributed by atoms with Gasteiger partial charge in [-0.25, -0.2) is 23.1 Å². The number of hydrogen-bond acceptors (Lipinski definition) is 5. The summed E-state index contributed by atoms with van der Waals surface area (Å²) in [6, 6.07) is 5.77. The standard InChI is InChI=1S/C13H14Cl2N4O2S/c1-19(2)13-16-6-5-9(18-13)8-17-22(20,21)10-3-4-11(14)12(15)7-10/h3-7,17H,8H2,1-2H3. The molecule has 0 spiro atoms. The second-order valence-corrected chi connectivity index (χ2v) is 7.22. The summed E-state index contributed by atoms with van der Waals surface area (Å²) in [7, 11) is -0.0888. The number of anilines is 1. The molecule has 0 aliphatic heterocycles. The number of nitrogens with one attached hydrogen (secondary N) is 1. The van der Waals surface area contributed by atoms with Crippen LogP contribution in [0.1, 0.15) is 5.69 Å². The lowest BCUT2D eigenvalue weighted by atomic mass is 10.4. The van der Waals surface area contributed by atoms with Crippen LogP contribution in [0.3, 0.4) is 0 Å². The molecule has 0 radical (unpaired) electrons. The first kappa shape index (κ1) is 17.0.